The van der Waals surface area contributed by atoms with E-state index in [0.29, 0.717) is 21.9 Å². The topological polar surface area (TPSA) is 50.7 Å². The van der Waals surface area contributed by atoms with E-state index in [2.05, 4.69) is 4.98 Å². The lowest BCUT2D eigenvalue weighted by Gasteiger charge is -2.13. The first-order chi connectivity index (χ1) is 14.6. The Balaban J connectivity index is 1.72. The van der Waals surface area contributed by atoms with Gasteiger partial charge < -0.3 is 4.98 Å². The second-order valence-electron chi connectivity index (χ2n) is 6.80. The van der Waals surface area contributed by atoms with Crippen LogP contribution in [0.1, 0.15) is 5.56 Å². The van der Waals surface area contributed by atoms with Crippen molar-refractivity contribution in [1.29, 1.82) is 0 Å². The van der Waals surface area contributed by atoms with Gasteiger partial charge >= 0.3 is 0 Å². The van der Waals surface area contributed by atoms with Crippen LogP contribution in [-0.2, 0) is 5.75 Å². The average Bonchev–Trinajstić information content (AvgIpc) is 3.13. The number of benzene rings is 3. The third-order valence-electron chi connectivity index (χ3n) is 4.87. The summed E-state index contributed by atoms with van der Waals surface area (Å²) in [5, 5.41) is 1.19. The van der Waals surface area contributed by atoms with E-state index in [1.807, 2.05) is 24.3 Å². The summed E-state index contributed by atoms with van der Waals surface area (Å²) in [4.78, 5) is 21.2. The molecule has 3 aromatic carbocycles. The molecule has 0 saturated carbocycles. The number of thioether (sulfide) groups is 1. The summed E-state index contributed by atoms with van der Waals surface area (Å²) < 4.78 is 29.1. The minimum absolute atomic E-state index is 0.136. The summed E-state index contributed by atoms with van der Waals surface area (Å²) in [7, 11) is 0. The largest absolute Gasteiger partial charge is 0.349 e. The van der Waals surface area contributed by atoms with Crippen LogP contribution in [-0.4, -0.2) is 14.5 Å². The molecular weight excluding hydrogens is 404 g/mol. The highest BCUT2D eigenvalue weighted by Gasteiger charge is 2.19. The Bertz CT molecular complexity index is 1440. The number of aromatic nitrogens is 3. The quantitative estimate of drug-likeness (QED) is 0.312. The second-order valence-corrected chi connectivity index (χ2v) is 7.74. The molecule has 0 bridgehead atoms. The van der Waals surface area contributed by atoms with Crippen molar-refractivity contribution in [3.63, 3.8) is 0 Å². The normalized spacial score (nSPS) is 11.4. The number of halogens is 2. The van der Waals surface area contributed by atoms with Gasteiger partial charge in [-0.15, -0.1) is 0 Å². The van der Waals surface area contributed by atoms with Gasteiger partial charge in [0.25, 0.3) is 5.56 Å². The Morgan fingerprint density at radius 1 is 0.933 bits per heavy atom. The highest BCUT2D eigenvalue weighted by Crippen LogP contribution is 2.28. The summed E-state index contributed by atoms with van der Waals surface area (Å²) in [6.07, 6.45) is 0. The first kappa shape index (κ1) is 18.6. The standard InChI is InChI=1S/C23H15F2N3OS/c24-15-11-9-14(10-12-15)13-30-23-27-20-16-5-1-3-7-18(16)26-21(20)22(29)28(23)19-8-4-2-6-17(19)25/h1-12,26H,13H2. The number of nitrogens with one attached hydrogen (secondary N) is 1. The Morgan fingerprint density at radius 3 is 2.47 bits per heavy atom. The molecule has 0 fully saturated rings. The highest BCUT2D eigenvalue weighted by atomic mass is 32.2. The van der Waals surface area contributed by atoms with Crippen LogP contribution in [0.15, 0.2) is 82.7 Å². The Hall–Kier alpha value is -3.45. The van der Waals surface area contributed by atoms with Crippen LogP contribution in [0.5, 0.6) is 0 Å². The first-order valence-electron chi connectivity index (χ1n) is 9.27. The lowest BCUT2D eigenvalue weighted by molar-refractivity contribution is 0.608. The van der Waals surface area contributed by atoms with E-state index in [4.69, 9.17) is 4.98 Å². The lowest BCUT2D eigenvalue weighted by atomic mass is 10.2. The molecule has 148 valence electrons. The summed E-state index contributed by atoms with van der Waals surface area (Å²) in [5.41, 5.74) is 2.29. The van der Waals surface area contributed by atoms with Crippen LogP contribution in [0.2, 0.25) is 0 Å². The average molecular weight is 419 g/mol. The van der Waals surface area contributed by atoms with Crippen LogP contribution < -0.4 is 5.56 Å². The minimum Gasteiger partial charge on any atom is -0.349 e. The van der Waals surface area contributed by atoms with E-state index >= 15 is 0 Å². The van der Waals surface area contributed by atoms with Gasteiger partial charge in [0, 0.05) is 16.7 Å². The van der Waals surface area contributed by atoms with Gasteiger partial charge in [0.2, 0.25) is 0 Å². The number of para-hydroxylation sites is 2. The number of aromatic amines is 1. The van der Waals surface area contributed by atoms with E-state index in [0.717, 1.165) is 16.5 Å². The number of nitrogens with zero attached hydrogens (tertiary/aromatic N) is 2. The maximum Gasteiger partial charge on any atom is 0.283 e. The van der Waals surface area contributed by atoms with Crippen molar-refractivity contribution in [3.05, 3.63) is 100 Å². The summed E-state index contributed by atoms with van der Waals surface area (Å²) >= 11 is 1.30. The maximum atomic E-state index is 14.6. The molecule has 5 rings (SSSR count). The van der Waals surface area contributed by atoms with Crippen molar-refractivity contribution in [3.8, 4) is 5.69 Å². The summed E-state index contributed by atoms with van der Waals surface area (Å²) in [6, 6.07) is 19.8. The number of fused-ring (bicyclic) bond motifs is 3. The molecule has 0 spiro atoms. The van der Waals surface area contributed by atoms with Gasteiger partial charge in [-0.25, -0.2) is 13.8 Å². The number of hydrogen-bond acceptors (Lipinski definition) is 3. The summed E-state index contributed by atoms with van der Waals surface area (Å²) in [6.45, 7) is 0. The maximum absolute atomic E-state index is 14.6. The Labute approximate surface area is 174 Å². The summed E-state index contributed by atoms with van der Waals surface area (Å²) in [5.74, 6) is -0.375. The molecule has 7 heteroatoms. The van der Waals surface area contributed by atoms with Gasteiger partial charge in [-0.2, -0.15) is 0 Å². The number of H-pyrrole nitrogens is 1. The predicted molar refractivity (Wildman–Crippen MR) is 115 cm³/mol. The van der Waals surface area contributed by atoms with Gasteiger partial charge in [0.15, 0.2) is 5.16 Å². The minimum atomic E-state index is -0.513. The van der Waals surface area contributed by atoms with E-state index in [1.54, 1.807) is 30.3 Å². The lowest BCUT2D eigenvalue weighted by Crippen LogP contribution is -2.22. The fourth-order valence-electron chi connectivity index (χ4n) is 3.41. The van der Waals surface area contributed by atoms with Crippen molar-refractivity contribution in [2.45, 2.75) is 10.9 Å². The Kier molecular flexibility index (Phi) is 4.59. The molecule has 0 aliphatic carbocycles. The molecule has 2 aromatic heterocycles. The molecule has 2 heterocycles. The van der Waals surface area contributed by atoms with Crippen molar-refractivity contribution in [2.24, 2.45) is 0 Å². The molecule has 0 unspecified atom stereocenters. The molecule has 0 radical (unpaired) electrons. The molecule has 0 amide bonds. The third kappa shape index (κ3) is 3.17. The van der Waals surface area contributed by atoms with Crippen LogP contribution in [0.25, 0.3) is 27.6 Å². The van der Waals surface area contributed by atoms with Crippen LogP contribution in [0.3, 0.4) is 0 Å². The van der Waals surface area contributed by atoms with E-state index < -0.39 is 5.82 Å². The molecule has 0 atom stereocenters. The Morgan fingerprint density at radius 2 is 1.67 bits per heavy atom. The fourth-order valence-corrected chi connectivity index (χ4v) is 4.37. The zero-order valence-electron chi connectivity index (χ0n) is 15.6. The number of rotatable bonds is 4. The first-order valence-corrected chi connectivity index (χ1v) is 10.3. The molecule has 0 aliphatic rings. The van der Waals surface area contributed by atoms with E-state index in [1.165, 1.54) is 34.5 Å². The smallest absolute Gasteiger partial charge is 0.283 e. The van der Waals surface area contributed by atoms with Crippen LogP contribution >= 0.6 is 11.8 Å². The SMILES string of the molecule is O=c1c2[nH]c3ccccc3c2nc(SCc2ccc(F)cc2)n1-c1ccccc1F. The van der Waals surface area contributed by atoms with E-state index in [-0.39, 0.29) is 17.1 Å². The van der Waals surface area contributed by atoms with E-state index in [9.17, 15) is 13.6 Å². The van der Waals surface area contributed by atoms with Crippen molar-refractivity contribution in [1.82, 2.24) is 14.5 Å². The zero-order valence-corrected chi connectivity index (χ0v) is 16.4. The molecule has 30 heavy (non-hydrogen) atoms. The highest BCUT2D eigenvalue weighted by molar-refractivity contribution is 7.98. The van der Waals surface area contributed by atoms with Gasteiger partial charge in [0.05, 0.1) is 5.69 Å². The molecule has 1 N–H and O–H groups in total. The van der Waals surface area contributed by atoms with Crippen molar-refractivity contribution < 1.29 is 8.78 Å². The van der Waals surface area contributed by atoms with Gasteiger partial charge in [0.1, 0.15) is 22.7 Å². The molecule has 5 aromatic rings. The van der Waals surface area contributed by atoms with Gasteiger partial charge in [-0.05, 0) is 35.9 Å². The second kappa shape index (κ2) is 7.42. The molecular formula is C23H15F2N3OS. The van der Waals surface area contributed by atoms with Gasteiger partial charge in [-0.1, -0.05) is 54.2 Å². The molecule has 0 saturated heterocycles. The van der Waals surface area contributed by atoms with Crippen molar-refractivity contribution in [2.75, 3.05) is 0 Å². The monoisotopic (exact) mass is 419 g/mol. The van der Waals surface area contributed by atoms with Crippen molar-refractivity contribution >= 4 is 33.7 Å². The zero-order chi connectivity index (χ0) is 20.7. The van der Waals surface area contributed by atoms with Gasteiger partial charge in [-0.3, -0.25) is 9.36 Å². The van der Waals surface area contributed by atoms with Crippen LogP contribution in [0, 0.1) is 11.6 Å². The third-order valence-corrected chi connectivity index (χ3v) is 5.88. The van der Waals surface area contributed by atoms with Crippen LogP contribution in [0.4, 0.5) is 8.78 Å². The predicted octanol–water partition coefficient (Wildman–Crippen LogP) is 5.44. The number of hydrogen-bond donors (Lipinski definition) is 1. The molecule has 0 aliphatic heterocycles. The fraction of sp³-hybridized carbons (Fsp3) is 0.0435. The molecule has 4 nitrogen and oxygen atoms in total.